The number of pyridine rings is 1. The summed E-state index contributed by atoms with van der Waals surface area (Å²) in [5.74, 6) is -1.44. The molecule has 0 aromatic carbocycles. The highest BCUT2D eigenvalue weighted by atomic mass is 32.2. The lowest BCUT2D eigenvalue weighted by atomic mass is 10.2. The van der Waals surface area contributed by atoms with Crippen molar-refractivity contribution < 1.29 is 19.1 Å². The van der Waals surface area contributed by atoms with Gasteiger partial charge in [0, 0.05) is 24.0 Å². The van der Waals surface area contributed by atoms with Gasteiger partial charge in [-0.05, 0) is 24.8 Å². The third-order valence-electron chi connectivity index (χ3n) is 2.43. The van der Waals surface area contributed by atoms with Crippen LogP contribution in [0.25, 0.3) is 0 Å². The van der Waals surface area contributed by atoms with Crippen LogP contribution in [0.4, 0.5) is 0 Å². The number of hydrogen-bond donors (Lipinski definition) is 1. The molecule has 122 valence electrons. The SMILES string of the molecule is COC(=O)/C=C(\S/C(N)=N/N=C(\C)c1cccnc1)C(=O)OC. The number of carbonyl (C=O) groups is 2. The van der Waals surface area contributed by atoms with Gasteiger partial charge < -0.3 is 15.2 Å². The van der Waals surface area contributed by atoms with Gasteiger partial charge in [0.15, 0.2) is 5.17 Å². The molecule has 2 N–H and O–H groups in total. The van der Waals surface area contributed by atoms with Crippen molar-refractivity contribution in [2.24, 2.45) is 15.9 Å². The normalized spacial score (nSPS) is 12.7. The van der Waals surface area contributed by atoms with E-state index in [1.165, 1.54) is 14.2 Å². The molecule has 1 aromatic heterocycles. The molecule has 23 heavy (non-hydrogen) atoms. The molecule has 8 nitrogen and oxygen atoms in total. The number of esters is 2. The van der Waals surface area contributed by atoms with Gasteiger partial charge in [-0.1, -0.05) is 6.07 Å². The highest BCUT2D eigenvalue weighted by molar-refractivity contribution is 8.17. The van der Waals surface area contributed by atoms with E-state index in [0.29, 0.717) is 5.71 Å². The molecule has 0 aliphatic rings. The largest absolute Gasteiger partial charge is 0.466 e. The number of hydrogen-bond acceptors (Lipinski definition) is 8. The number of nitrogens with zero attached hydrogens (tertiary/aromatic N) is 3. The second-order valence-electron chi connectivity index (χ2n) is 3.99. The van der Waals surface area contributed by atoms with Gasteiger partial charge >= 0.3 is 11.9 Å². The van der Waals surface area contributed by atoms with Gasteiger partial charge in [-0.2, -0.15) is 5.10 Å². The van der Waals surface area contributed by atoms with Crippen molar-refractivity contribution in [2.45, 2.75) is 6.92 Å². The number of rotatable bonds is 5. The predicted octanol–water partition coefficient (Wildman–Crippen LogP) is 1.08. The van der Waals surface area contributed by atoms with Crippen LogP contribution < -0.4 is 5.73 Å². The van der Waals surface area contributed by atoms with Crippen molar-refractivity contribution >= 4 is 34.6 Å². The van der Waals surface area contributed by atoms with Crippen LogP contribution in [0.1, 0.15) is 12.5 Å². The van der Waals surface area contributed by atoms with Crippen molar-refractivity contribution in [3.63, 3.8) is 0 Å². The number of ether oxygens (including phenoxy) is 2. The summed E-state index contributed by atoms with van der Waals surface area (Å²) in [5.41, 5.74) is 7.08. The van der Waals surface area contributed by atoms with Crippen molar-refractivity contribution in [3.8, 4) is 0 Å². The minimum Gasteiger partial charge on any atom is -0.466 e. The maximum absolute atomic E-state index is 11.6. The first-order valence-corrected chi connectivity index (χ1v) is 7.13. The first kappa shape index (κ1) is 18.4. The summed E-state index contributed by atoms with van der Waals surface area (Å²) in [6.07, 6.45) is 4.25. The number of nitrogens with two attached hydrogens (primary N) is 1. The Morgan fingerprint density at radius 2 is 2.04 bits per heavy atom. The maximum Gasteiger partial charge on any atom is 0.345 e. The number of amidine groups is 1. The van der Waals surface area contributed by atoms with E-state index in [1.54, 1.807) is 25.4 Å². The Balaban J connectivity index is 2.90. The molecule has 1 rings (SSSR count). The topological polar surface area (TPSA) is 116 Å². The van der Waals surface area contributed by atoms with Crippen LogP contribution in [0.2, 0.25) is 0 Å². The van der Waals surface area contributed by atoms with Crippen LogP contribution in [0.3, 0.4) is 0 Å². The zero-order chi connectivity index (χ0) is 17.2. The Morgan fingerprint density at radius 1 is 1.30 bits per heavy atom. The van der Waals surface area contributed by atoms with Crippen molar-refractivity contribution in [1.29, 1.82) is 0 Å². The predicted molar refractivity (Wildman–Crippen MR) is 87.8 cm³/mol. The zero-order valence-corrected chi connectivity index (χ0v) is 13.7. The van der Waals surface area contributed by atoms with Crippen LogP contribution in [0.15, 0.2) is 45.7 Å². The molecule has 0 aliphatic carbocycles. The van der Waals surface area contributed by atoms with Gasteiger partial charge in [-0.15, -0.1) is 5.10 Å². The molecule has 0 saturated heterocycles. The molecule has 9 heteroatoms. The molecular weight excluding hydrogens is 320 g/mol. The number of carbonyl (C=O) groups excluding carboxylic acids is 2. The minimum absolute atomic E-state index is 0.0335. The quantitative estimate of drug-likeness (QED) is 0.281. The number of thioether (sulfide) groups is 1. The van der Waals surface area contributed by atoms with E-state index in [-0.39, 0.29) is 10.1 Å². The molecule has 0 radical (unpaired) electrons. The summed E-state index contributed by atoms with van der Waals surface area (Å²) in [7, 11) is 2.38. The number of aromatic nitrogens is 1. The average Bonchev–Trinajstić information content (AvgIpc) is 2.58. The zero-order valence-electron chi connectivity index (χ0n) is 12.8. The minimum atomic E-state index is -0.730. The second-order valence-corrected chi connectivity index (χ2v) is 5.05. The van der Waals surface area contributed by atoms with Crippen LogP contribution in [-0.2, 0) is 19.1 Å². The van der Waals surface area contributed by atoms with Gasteiger partial charge in [0.1, 0.15) is 4.91 Å². The van der Waals surface area contributed by atoms with E-state index in [9.17, 15) is 9.59 Å². The van der Waals surface area contributed by atoms with Gasteiger partial charge in [0.05, 0.1) is 19.9 Å². The molecule has 0 amide bonds. The highest BCUT2D eigenvalue weighted by Crippen LogP contribution is 2.17. The lowest BCUT2D eigenvalue weighted by molar-refractivity contribution is -0.137. The monoisotopic (exact) mass is 336 g/mol. The molecule has 1 heterocycles. The highest BCUT2D eigenvalue weighted by Gasteiger charge is 2.15. The fraction of sp³-hybridized carbons (Fsp3) is 0.214. The first-order chi connectivity index (χ1) is 11.0. The molecule has 0 bridgehead atoms. The summed E-state index contributed by atoms with van der Waals surface area (Å²) >= 11 is 0.749. The smallest absolute Gasteiger partial charge is 0.345 e. The molecule has 0 aliphatic heterocycles. The van der Waals surface area contributed by atoms with Crippen LogP contribution in [0, 0.1) is 0 Å². The van der Waals surface area contributed by atoms with Crippen LogP contribution in [0.5, 0.6) is 0 Å². The van der Waals surface area contributed by atoms with Gasteiger partial charge in [0.2, 0.25) is 0 Å². The van der Waals surface area contributed by atoms with Crippen molar-refractivity contribution in [2.75, 3.05) is 14.2 Å². The van der Waals surface area contributed by atoms with Gasteiger partial charge in [0.25, 0.3) is 0 Å². The molecule has 0 atom stereocenters. The Morgan fingerprint density at radius 3 is 2.61 bits per heavy atom. The molecular formula is C14H16N4O4S. The lowest BCUT2D eigenvalue weighted by Crippen LogP contribution is -2.12. The standard InChI is InChI=1S/C14H16N4O4S/c1-9(10-5-4-6-16-8-10)17-18-14(15)23-11(13(20)22-3)7-12(19)21-2/h4-8H,1-3H3,(H2,15,18)/b11-7-,17-9+. The molecule has 1 aromatic rings. The van der Waals surface area contributed by atoms with Crippen LogP contribution in [-0.4, -0.2) is 42.0 Å². The molecule has 0 spiro atoms. The van der Waals surface area contributed by atoms with E-state index >= 15 is 0 Å². The summed E-state index contributed by atoms with van der Waals surface area (Å²) in [6, 6.07) is 3.59. The summed E-state index contributed by atoms with van der Waals surface area (Å²) in [5, 5.41) is 7.73. The molecule has 0 unspecified atom stereocenters. The summed E-state index contributed by atoms with van der Waals surface area (Å²) in [4.78, 5) is 26.7. The fourth-order valence-corrected chi connectivity index (χ4v) is 1.92. The van der Waals surface area contributed by atoms with E-state index in [0.717, 1.165) is 23.4 Å². The summed E-state index contributed by atoms with van der Waals surface area (Å²) < 4.78 is 9.02. The third kappa shape index (κ3) is 6.30. The van der Waals surface area contributed by atoms with E-state index in [1.807, 2.05) is 6.07 Å². The van der Waals surface area contributed by atoms with Crippen LogP contribution >= 0.6 is 11.8 Å². The van der Waals surface area contributed by atoms with Crippen molar-refractivity contribution in [1.82, 2.24) is 4.98 Å². The average molecular weight is 336 g/mol. The number of methoxy groups -OCH3 is 2. The fourth-order valence-electron chi connectivity index (χ4n) is 1.29. The van der Waals surface area contributed by atoms with E-state index in [4.69, 9.17) is 5.73 Å². The molecule has 0 saturated carbocycles. The second kappa shape index (κ2) is 9.36. The van der Waals surface area contributed by atoms with E-state index < -0.39 is 11.9 Å². The Labute approximate surface area is 137 Å². The van der Waals surface area contributed by atoms with Gasteiger partial charge in [-0.25, -0.2) is 9.59 Å². The first-order valence-electron chi connectivity index (χ1n) is 6.31. The van der Waals surface area contributed by atoms with Crippen molar-refractivity contribution in [3.05, 3.63) is 41.1 Å². The van der Waals surface area contributed by atoms with Gasteiger partial charge in [-0.3, -0.25) is 4.98 Å². The lowest BCUT2D eigenvalue weighted by Gasteiger charge is -2.03. The third-order valence-corrected chi connectivity index (χ3v) is 3.22. The Hall–Kier alpha value is -2.68. The Bertz CT molecular complexity index is 656. The summed E-state index contributed by atoms with van der Waals surface area (Å²) in [6.45, 7) is 1.74. The Kier molecular flexibility index (Phi) is 7.48. The van der Waals surface area contributed by atoms with E-state index in [2.05, 4.69) is 24.7 Å². The maximum atomic E-state index is 11.6. The molecule has 0 fully saturated rings.